The Kier molecular flexibility index (Phi) is 4.07. The number of terminal acetylenes is 1. The van der Waals surface area contributed by atoms with Crippen molar-refractivity contribution in [3.05, 3.63) is 35.6 Å². The molecule has 0 unspecified atom stereocenters. The maximum Gasteiger partial charge on any atom is 0.524 e. The number of fused-ring (bicyclic) bond motifs is 1. The Bertz CT molecular complexity index is 763. The normalized spacial score (nSPS) is 11.3. The third kappa shape index (κ3) is 2.97. The maximum atomic E-state index is 13.7. The predicted octanol–water partition coefficient (Wildman–Crippen LogP) is 3.15. The molecule has 0 aliphatic carbocycles. The molecule has 104 valence electrons. The smallest absolute Gasteiger partial charge is 0.404 e. The molecule has 0 aliphatic heterocycles. The fourth-order valence-electron chi connectivity index (χ4n) is 1.87. The van der Waals surface area contributed by atoms with Crippen LogP contribution in [0, 0.1) is 18.2 Å². The van der Waals surface area contributed by atoms with Gasteiger partial charge >= 0.3 is 7.82 Å². The number of rotatable bonds is 3. The van der Waals surface area contributed by atoms with Crippen molar-refractivity contribution in [3.63, 3.8) is 0 Å². The van der Waals surface area contributed by atoms with Crippen LogP contribution in [0.5, 0.6) is 5.75 Å². The van der Waals surface area contributed by atoms with E-state index < -0.39 is 13.6 Å². The minimum absolute atomic E-state index is 0.00441. The third-order valence-corrected chi connectivity index (χ3v) is 3.80. The van der Waals surface area contributed by atoms with Crippen LogP contribution in [0.15, 0.2) is 29.2 Å². The molecule has 2 aromatic carbocycles. The number of phosphoric acid groups is 1. The number of halogens is 1. The molecule has 2 aromatic rings. The average molecular weight is 312 g/mol. The fourth-order valence-corrected chi connectivity index (χ4v) is 2.91. The fraction of sp³-hybridized carbons (Fsp3) is 0.0769. The van der Waals surface area contributed by atoms with E-state index in [-0.39, 0.29) is 11.3 Å². The van der Waals surface area contributed by atoms with E-state index >= 15 is 0 Å². The number of hydrogen-bond donors (Lipinski definition) is 2. The van der Waals surface area contributed by atoms with Gasteiger partial charge in [-0.15, -0.1) is 18.2 Å². The summed E-state index contributed by atoms with van der Waals surface area (Å²) in [5, 5.41) is 1.08. The van der Waals surface area contributed by atoms with Gasteiger partial charge in [0.25, 0.3) is 0 Å². The van der Waals surface area contributed by atoms with Gasteiger partial charge in [0.15, 0.2) is 0 Å². The first-order chi connectivity index (χ1) is 9.35. The molecule has 0 heterocycles. The predicted molar refractivity (Wildman–Crippen MR) is 76.3 cm³/mol. The summed E-state index contributed by atoms with van der Waals surface area (Å²) < 4.78 is 29.2. The number of benzene rings is 2. The number of hydrogen-bond acceptors (Lipinski definition) is 3. The van der Waals surface area contributed by atoms with Gasteiger partial charge < -0.3 is 4.52 Å². The summed E-state index contributed by atoms with van der Waals surface area (Å²) in [5.41, 5.74) is 0.120. The molecule has 0 fully saturated rings. The van der Waals surface area contributed by atoms with Crippen LogP contribution >= 0.6 is 19.6 Å². The van der Waals surface area contributed by atoms with Crippen LogP contribution < -0.4 is 4.52 Å². The van der Waals surface area contributed by atoms with Crippen LogP contribution in [0.2, 0.25) is 0 Å². The molecule has 0 saturated heterocycles. The van der Waals surface area contributed by atoms with Gasteiger partial charge in [-0.05, 0) is 29.8 Å². The van der Waals surface area contributed by atoms with Crippen LogP contribution in [0.25, 0.3) is 10.8 Å². The van der Waals surface area contributed by atoms with E-state index in [2.05, 4.69) is 10.4 Å². The van der Waals surface area contributed by atoms with E-state index in [1.807, 2.05) is 0 Å². The third-order valence-electron chi connectivity index (χ3n) is 2.59. The van der Waals surface area contributed by atoms with Crippen LogP contribution in [0.1, 0.15) is 5.56 Å². The van der Waals surface area contributed by atoms with Gasteiger partial charge in [0.05, 0.1) is 5.56 Å². The first kappa shape index (κ1) is 14.9. The van der Waals surface area contributed by atoms with Crippen molar-refractivity contribution in [3.8, 4) is 18.1 Å². The molecule has 20 heavy (non-hydrogen) atoms. The van der Waals surface area contributed by atoms with Crippen LogP contribution in [-0.2, 0) is 4.57 Å². The molecule has 2 rings (SSSR count). The lowest BCUT2D eigenvalue weighted by molar-refractivity contribution is 0.283. The second-order valence-corrected chi connectivity index (χ2v) is 5.88. The van der Waals surface area contributed by atoms with Gasteiger partial charge in [0, 0.05) is 10.3 Å². The van der Waals surface area contributed by atoms with Crippen molar-refractivity contribution in [2.24, 2.45) is 0 Å². The van der Waals surface area contributed by atoms with Crippen molar-refractivity contribution in [2.75, 3.05) is 6.26 Å². The Balaban J connectivity index is 2.75. The number of phosphoric ester groups is 1. The lowest BCUT2D eigenvalue weighted by Crippen LogP contribution is -1.93. The second-order valence-electron chi connectivity index (χ2n) is 3.87. The van der Waals surface area contributed by atoms with Crippen molar-refractivity contribution in [1.82, 2.24) is 0 Å². The average Bonchev–Trinajstić information content (AvgIpc) is 2.36. The largest absolute Gasteiger partial charge is 0.524 e. The zero-order valence-corrected chi connectivity index (χ0v) is 12.0. The highest BCUT2D eigenvalue weighted by Gasteiger charge is 2.18. The van der Waals surface area contributed by atoms with E-state index in [4.69, 9.17) is 16.2 Å². The minimum atomic E-state index is -4.65. The van der Waals surface area contributed by atoms with Gasteiger partial charge in [-0.3, -0.25) is 9.79 Å². The quantitative estimate of drug-likeness (QED) is 0.518. The van der Waals surface area contributed by atoms with E-state index in [0.29, 0.717) is 15.7 Å². The van der Waals surface area contributed by atoms with Gasteiger partial charge in [0.2, 0.25) is 0 Å². The second kappa shape index (κ2) is 5.47. The van der Waals surface area contributed by atoms with Gasteiger partial charge in [0.1, 0.15) is 11.6 Å². The molecule has 0 spiro atoms. The summed E-state index contributed by atoms with van der Waals surface area (Å²) in [6.07, 6.45) is 7.08. The van der Waals surface area contributed by atoms with E-state index in [1.54, 1.807) is 6.26 Å². The monoisotopic (exact) mass is 312 g/mol. The van der Waals surface area contributed by atoms with Crippen LogP contribution in [-0.4, -0.2) is 16.0 Å². The Morgan fingerprint density at radius 3 is 2.65 bits per heavy atom. The van der Waals surface area contributed by atoms with E-state index in [9.17, 15) is 8.96 Å². The molecule has 7 heteroatoms. The molecule has 0 aromatic heterocycles. The topological polar surface area (TPSA) is 66.8 Å². The molecule has 4 nitrogen and oxygen atoms in total. The SMILES string of the molecule is C#Cc1c(F)ccc2cc(OP(=O)(O)O)cc(SC)c12. The van der Waals surface area contributed by atoms with Gasteiger partial charge in [-0.1, -0.05) is 12.0 Å². The Morgan fingerprint density at radius 2 is 2.10 bits per heavy atom. The summed E-state index contributed by atoms with van der Waals surface area (Å²) >= 11 is 1.28. The lowest BCUT2D eigenvalue weighted by atomic mass is 10.0. The van der Waals surface area contributed by atoms with Crippen LogP contribution in [0.3, 0.4) is 0 Å². The summed E-state index contributed by atoms with van der Waals surface area (Å²) in [6, 6.07) is 5.53. The maximum absolute atomic E-state index is 13.7. The van der Waals surface area contributed by atoms with E-state index in [0.717, 1.165) is 0 Å². The van der Waals surface area contributed by atoms with Crippen molar-refractivity contribution < 1.29 is 23.3 Å². The van der Waals surface area contributed by atoms with Crippen molar-refractivity contribution >= 4 is 30.4 Å². The van der Waals surface area contributed by atoms with Gasteiger partial charge in [-0.2, -0.15) is 0 Å². The Labute approximate surface area is 119 Å². The molecule has 0 aliphatic rings. The highest BCUT2D eigenvalue weighted by atomic mass is 32.2. The lowest BCUT2D eigenvalue weighted by Gasteiger charge is -2.12. The summed E-state index contributed by atoms with van der Waals surface area (Å²) in [6.45, 7) is 0. The van der Waals surface area contributed by atoms with Crippen molar-refractivity contribution in [2.45, 2.75) is 4.90 Å². The highest BCUT2D eigenvalue weighted by Crippen LogP contribution is 2.41. The molecule has 0 bridgehead atoms. The molecule has 0 radical (unpaired) electrons. The molecular weight excluding hydrogens is 302 g/mol. The Hall–Kier alpha value is -1.51. The zero-order chi connectivity index (χ0) is 14.9. The minimum Gasteiger partial charge on any atom is -0.404 e. The molecular formula is C13H10FO4PS. The first-order valence-electron chi connectivity index (χ1n) is 5.37. The van der Waals surface area contributed by atoms with Crippen molar-refractivity contribution in [1.29, 1.82) is 0 Å². The molecule has 2 N–H and O–H groups in total. The molecule has 0 saturated carbocycles. The highest BCUT2D eigenvalue weighted by molar-refractivity contribution is 7.98. The number of thioether (sulfide) groups is 1. The van der Waals surface area contributed by atoms with Crippen LogP contribution in [0.4, 0.5) is 4.39 Å². The molecule has 0 atom stereocenters. The zero-order valence-electron chi connectivity index (χ0n) is 10.3. The molecule has 0 amide bonds. The summed E-state index contributed by atoms with van der Waals surface area (Å²) in [4.78, 5) is 18.3. The summed E-state index contributed by atoms with van der Waals surface area (Å²) in [5.74, 6) is 1.79. The summed E-state index contributed by atoms with van der Waals surface area (Å²) in [7, 11) is -4.65. The first-order valence-corrected chi connectivity index (χ1v) is 8.13. The standard InChI is InChI=1S/C13H10FO4PS/c1-3-10-11(14)5-4-8-6-9(18-19(15,16)17)7-12(20-2)13(8)10/h1,4-7H,2H3,(H2,15,16,17). The van der Waals surface area contributed by atoms with E-state index in [1.165, 1.54) is 36.0 Å². The van der Waals surface area contributed by atoms with Gasteiger partial charge in [-0.25, -0.2) is 8.96 Å². The Morgan fingerprint density at radius 1 is 1.40 bits per heavy atom.